The molecule has 1 aromatic carbocycles. The van der Waals surface area contributed by atoms with Gasteiger partial charge in [-0.25, -0.2) is 0 Å². The normalized spacial score (nSPS) is 11.6. The number of aromatic nitrogens is 1. The van der Waals surface area contributed by atoms with Crippen molar-refractivity contribution in [3.63, 3.8) is 0 Å². The molecule has 0 saturated heterocycles. The van der Waals surface area contributed by atoms with Crippen molar-refractivity contribution in [1.82, 2.24) is 10.3 Å². The number of para-hydroxylation sites is 1. The zero-order valence-electron chi connectivity index (χ0n) is 12.7. The molecule has 4 nitrogen and oxygen atoms in total. The molecule has 108 valence electrons. The predicted molar refractivity (Wildman–Crippen MR) is 82.2 cm³/mol. The number of anilines is 2. The summed E-state index contributed by atoms with van der Waals surface area (Å²) in [6, 6.07) is 10.8. The number of nitrogens with zero attached hydrogens (tertiary/aromatic N) is 2. The van der Waals surface area contributed by atoms with E-state index < -0.39 is 0 Å². The van der Waals surface area contributed by atoms with E-state index in [-0.39, 0.29) is 5.54 Å². The molecule has 0 amide bonds. The van der Waals surface area contributed by atoms with Gasteiger partial charge in [0.1, 0.15) is 6.26 Å². The van der Waals surface area contributed by atoms with Crippen molar-refractivity contribution in [2.75, 3.05) is 11.4 Å². The second-order valence-electron chi connectivity index (χ2n) is 5.80. The van der Waals surface area contributed by atoms with Crippen LogP contribution >= 0.6 is 0 Å². The highest BCUT2D eigenvalue weighted by Crippen LogP contribution is 2.24. The van der Waals surface area contributed by atoms with Crippen LogP contribution in [-0.4, -0.2) is 17.1 Å². The van der Waals surface area contributed by atoms with E-state index in [9.17, 15) is 0 Å². The Bertz CT molecular complexity index is 528. The van der Waals surface area contributed by atoms with Gasteiger partial charge in [0.25, 0.3) is 0 Å². The van der Waals surface area contributed by atoms with Crippen molar-refractivity contribution in [3.8, 4) is 0 Å². The predicted octanol–water partition coefficient (Wildman–Crippen LogP) is 3.72. The molecule has 2 aromatic rings. The van der Waals surface area contributed by atoms with Gasteiger partial charge in [-0.15, -0.1) is 0 Å². The number of hydrogen-bond acceptors (Lipinski definition) is 4. The third-order valence-corrected chi connectivity index (χ3v) is 2.95. The molecular weight excluding hydrogens is 250 g/mol. The first kappa shape index (κ1) is 14.6. The molecule has 1 N–H and O–H groups in total. The van der Waals surface area contributed by atoms with Gasteiger partial charge in [-0.05, 0) is 39.8 Å². The monoisotopic (exact) mass is 273 g/mol. The van der Waals surface area contributed by atoms with Gasteiger partial charge in [0.15, 0.2) is 0 Å². The van der Waals surface area contributed by atoms with Crippen molar-refractivity contribution < 1.29 is 4.42 Å². The van der Waals surface area contributed by atoms with Gasteiger partial charge in [-0.1, -0.05) is 18.2 Å². The first-order valence-corrected chi connectivity index (χ1v) is 7.01. The number of benzene rings is 1. The van der Waals surface area contributed by atoms with Crippen molar-refractivity contribution in [3.05, 3.63) is 42.3 Å². The third-order valence-electron chi connectivity index (χ3n) is 2.95. The van der Waals surface area contributed by atoms with E-state index >= 15 is 0 Å². The Balaban J connectivity index is 2.11. The second kappa shape index (κ2) is 6.09. The zero-order valence-corrected chi connectivity index (χ0v) is 12.7. The van der Waals surface area contributed by atoms with Gasteiger partial charge in [0.2, 0.25) is 0 Å². The fourth-order valence-electron chi connectivity index (χ4n) is 1.89. The van der Waals surface area contributed by atoms with Crippen LogP contribution < -0.4 is 10.2 Å². The molecule has 0 fully saturated rings. The first-order valence-electron chi connectivity index (χ1n) is 7.01. The number of hydrogen-bond donors (Lipinski definition) is 1. The fraction of sp³-hybridized carbons (Fsp3) is 0.438. The fourth-order valence-corrected chi connectivity index (χ4v) is 1.89. The van der Waals surface area contributed by atoms with Gasteiger partial charge in [-0.3, -0.25) is 4.90 Å². The maximum atomic E-state index is 5.61. The lowest BCUT2D eigenvalue weighted by atomic mass is 10.1. The van der Waals surface area contributed by atoms with Crippen LogP contribution in [0.15, 0.2) is 41.0 Å². The van der Waals surface area contributed by atoms with Crippen LogP contribution in [-0.2, 0) is 6.54 Å². The first-order chi connectivity index (χ1) is 9.49. The van der Waals surface area contributed by atoms with Crippen LogP contribution in [0.5, 0.6) is 0 Å². The highest BCUT2D eigenvalue weighted by Gasteiger charge is 2.15. The van der Waals surface area contributed by atoms with Gasteiger partial charge >= 0.3 is 6.01 Å². The van der Waals surface area contributed by atoms with E-state index in [1.807, 2.05) is 18.2 Å². The molecule has 0 aliphatic heterocycles. The molecule has 0 bridgehead atoms. The maximum absolute atomic E-state index is 5.61. The quantitative estimate of drug-likeness (QED) is 0.901. The van der Waals surface area contributed by atoms with Crippen molar-refractivity contribution in [1.29, 1.82) is 0 Å². The van der Waals surface area contributed by atoms with E-state index in [2.05, 4.69) is 55.0 Å². The molecule has 0 radical (unpaired) electrons. The molecule has 0 saturated carbocycles. The molecular formula is C16H23N3O. The van der Waals surface area contributed by atoms with Gasteiger partial charge < -0.3 is 9.73 Å². The Morgan fingerprint density at radius 1 is 1.20 bits per heavy atom. The summed E-state index contributed by atoms with van der Waals surface area (Å²) in [6.45, 7) is 10.0. The summed E-state index contributed by atoms with van der Waals surface area (Å²) in [4.78, 5) is 6.61. The maximum Gasteiger partial charge on any atom is 0.302 e. The number of oxazole rings is 1. The van der Waals surface area contributed by atoms with Crippen molar-refractivity contribution in [2.24, 2.45) is 0 Å². The Morgan fingerprint density at radius 2 is 1.90 bits per heavy atom. The van der Waals surface area contributed by atoms with Crippen molar-refractivity contribution in [2.45, 2.75) is 39.8 Å². The van der Waals surface area contributed by atoms with Crippen LogP contribution in [0.3, 0.4) is 0 Å². The summed E-state index contributed by atoms with van der Waals surface area (Å²) in [7, 11) is 0. The molecule has 1 heterocycles. The Morgan fingerprint density at radius 3 is 2.50 bits per heavy atom. The summed E-state index contributed by atoms with van der Waals surface area (Å²) in [5.74, 6) is 0. The van der Waals surface area contributed by atoms with Crippen LogP contribution in [0.4, 0.5) is 11.7 Å². The van der Waals surface area contributed by atoms with E-state index in [0.717, 1.165) is 17.9 Å². The minimum absolute atomic E-state index is 0.0724. The lowest BCUT2D eigenvalue weighted by Crippen LogP contribution is -2.35. The van der Waals surface area contributed by atoms with Crippen LogP contribution in [0, 0.1) is 0 Å². The van der Waals surface area contributed by atoms with Gasteiger partial charge in [0, 0.05) is 24.3 Å². The molecule has 20 heavy (non-hydrogen) atoms. The summed E-state index contributed by atoms with van der Waals surface area (Å²) in [5, 5.41) is 3.41. The van der Waals surface area contributed by atoms with E-state index in [1.165, 1.54) is 0 Å². The smallest absolute Gasteiger partial charge is 0.302 e. The summed E-state index contributed by atoms with van der Waals surface area (Å²) < 4.78 is 5.61. The highest BCUT2D eigenvalue weighted by molar-refractivity contribution is 5.55. The number of nitrogens with one attached hydrogen (secondary N) is 1. The Hall–Kier alpha value is -1.81. The largest absolute Gasteiger partial charge is 0.431 e. The van der Waals surface area contributed by atoms with E-state index in [0.29, 0.717) is 12.6 Å². The SMILES string of the molecule is CCN(c1ccccc1)c1nc(CNC(C)(C)C)co1. The summed E-state index contributed by atoms with van der Waals surface area (Å²) in [6.07, 6.45) is 1.72. The minimum Gasteiger partial charge on any atom is -0.431 e. The minimum atomic E-state index is 0.0724. The molecule has 0 aliphatic rings. The average molecular weight is 273 g/mol. The van der Waals surface area contributed by atoms with E-state index in [1.54, 1.807) is 6.26 Å². The third kappa shape index (κ3) is 3.84. The van der Waals surface area contributed by atoms with Crippen molar-refractivity contribution >= 4 is 11.7 Å². The van der Waals surface area contributed by atoms with Gasteiger partial charge in [0.05, 0.1) is 5.69 Å². The van der Waals surface area contributed by atoms with Crippen LogP contribution in [0.2, 0.25) is 0 Å². The average Bonchev–Trinajstić information content (AvgIpc) is 2.87. The molecule has 0 atom stereocenters. The molecule has 4 heteroatoms. The molecule has 0 unspecified atom stereocenters. The standard InChI is InChI=1S/C16H23N3O/c1-5-19(14-9-7-6-8-10-14)15-18-13(12-20-15)11-17-16(2,3)4/h6-10,12,17H,5,11H2,1-4H3. The zero-order chi connectivity index (χ0) is 14.6. The van der Waals surface area contributed by atoms with Gasteiger partial charge in [-0.2, -0.15) is 4.98 Å². The van der Waals surface area contributed by atoms with E-state index in [4.69, 9.17) is 4.42 Å². The number of rotatable bonds is 5. The topological polar surface area (TPSA) is 41.3 Å². The molecule has 1 aromatic heterocycles. The lowest BCUT2D eigenvalue weighted by molar-refractivity contribution is 0.421. The second-order valence-corrected chi connectivity index (χ2v) is 5.80. The Labute approximate surface area is 120 Å². The highest BCUT2D eigenvalue weighted by atomic mass is 16.4. The lowest BCUT2D eigenvalue weighted by Gasteiger charge is -2.19. The summed E-state index contributed by atoms with van der Waals surface area (Å²) in [5.41, 5.74) is 2.08. The summed E-state index contributed by atoms with van der Waals surface area (Å²) >= 11 is 0. The molecule has 2 rings (SSSR count). The van der Waals surface area contributed by atoms with Crippen LogP contribution in [0.1, 0.15) is 33.4 Å². The molecule has 0 aliphatic carbocycles. The molecule has 0 spiro atoms. The Kier molecular flexibility index (Phi) is 4.45. The van der Waals surface area contributed by atoms with Crippen LogP contribution in [0.25, 0.3) is 0 Å².